The van der Waals surface area contributed by atoms with Crippen LogP contribution in [0.3, 0.4) is 0 Å². The second-order valence-corrected chi connectivity index (χ2v) is 13.9. The lowest BCUT2D eigenvalue weighted by atomic mass is 9.77. The summed E-state index contributed by atoms with van der Waals surface area (Å²) < 4.78 is 18.0. The Labute approximate surface area is 298 Å². The van der Waals surface area contributed by atoms with E-state index in [4.69, 9.17) is 14.2 Å². The number of carbonyl (C=O) groups is 4. The van der Waals surface area contributed by atoms with Crippen molar-refractivity contribution in [1.82, 2.24) is 20.0 Å². The van der Waals surface area contributed by atoms with E-state index in [1.165, 1.54) is 4.90 Å². The smallest absolute Gasteiger partial charge is 0.306 e. The second-order valence-electron chi connectivity index (χ2n) is 13.9. The van der Waals surface area contributed by atoms with E-state index in [-0.39, 0.29) is 31.5 Å². The lowest BCUT2D eigenvalue weighted by Gasteiger charge is -2.39. The van der Waals surface area contributed by atoms with Crippen LogP contribution in [0.25, 0.3) is 0 Å². The lowest BCUT2D eigenvalue weighted by Crippen LogP contribution is -2.59. The first kappa shape index (κ1) is 35.1. The summed E-state index contributed by atoms with van der Waals surface area (Å²) in [5, 5.41) is 13.9. The van der Waals surface area contributed by atoms with Crippen molar-refractivity contribution in [1.29, 1.82) is 0 Å². The summed E-state index contributed by atoms with van der Waals surface area (Å²) in [7, 11) is 0. The largest absolute Gasteiger partial charge is 0.463 e. The van der Waals surface area contributed by atoms with Gasteiger partial charge in [0.1, 0.15) is 18.2 Å². The molecule has 0 unspecified atom stereocenters. The van der Waals surface area contributed by atoms with Gasteiger partial charge in [-0.1, -0.05) is 85.0 Å². The lowest BCUT2D eigenvalue weighted by molar-refractivity contribution is -0.151. The maximum absolute atomic E-state index is 15.0. The Morgan fingerprint density at radius 3 is 2.41 bits per heavy atom. The molecule has 51 heavy (non-hydrogen) atoms. The highest BCUT2D eigenvalue weighted by atomic mass is 16.5. The summed E-state index contributed by atoms with van der Waals surface area (Å²) >= 11 is 0. The van der Waals surface area contributed by atoms with E-state index >= 15 is 4.79 Å². The fourth-order valence-electron chi connectivity index (χ4n) is 8.24. The average molecular weight is 699 g/mol. The molecule has 3 amide bonds. The molecule has 1 spiro atoms. The van der Waals surface area contributed by atoms with E-state index in [2.05, 4.69) is 10.2 Å². The van der Waals surface area contributed by atoms with Crippen LogP contribution in [0.4, 0.5) is 0 Å². The Balaban J connectivity index is 1.27. The van der Waals surface area contributed by atoms with Crippen LogP contribution < -0.4 is 5.32 Å². The second kappa shape index (κ2) is 15.5. The molecule has 7 rings (SSSR count). The van der Waals surface area contributed by atoms with Gasteiger partial charge in [0.05, 0.1) is 49.8 Å². The number of rotatable bonds is 8. The molecule has 2 aromatic carbocycles. The Kier molecular flexibility index (Phi) is 10.6. The first-order valence-corrected chi connectivity index (χ1v) is 18.0. The van der Waals surface area contributed by atoms with Gasteiger partial charge in [-0.15, -0.1) is 0 Å². The number of hydrogen-bond donors (Lipinski definition) is 2. The van der Waals surface area contributed by atoms with Gasteiger partial charge >= 0.3 is 5.97 Å². The zero-order valence-electron chi connectivity index (χ0n) is 28.7. The standard InChI is InChI=1S/C39H46N4O8/c44-25-29(24-27-10-3-1-4-11-27)43-35-38(48)42(19-18-41-20-22-49-23-21-41)17-9-16-39(35)34(37(43)47)33-31(51-39)14-7-8-15-32(45)50-26-30(40-36(33)46)28-12-5-2-6-13-28/h1-7,9-14,16,29-31,33-35,44H,8,15,17-26H2,(H,40,46)/b14-7-/t29-,30-,31+,33-,34-,35+,39-/m1/s1. The Hall–Kier alpha value is -4.36. The van der Waals surface area contributed by atoms with Gasteiger partial charge in [0, 0.05) is 39.1 Å². The zero-order valence-corrected chi connectivity index (χ0v) is 28.7. The van der Waals surface area contributed by atoms with Crippen molar-refractivity contribution in [3.8, 4) is 0 Å². The van der Waals surface area contributed by atoms with Crippen LogP contribution in [0.5, 0.6) is 0 Å². The Morgan fingerprint density at radius 2 is 1.67 bits per heavy atom. The van der Waals surface area contributed by atoms with Gasteiger partial charge in [-0.05, 0) is 24.0 Å². The molecule has 12 heteroatoms. The van der Waals surface area contributed by atoms with Crippen molar-refractivity contribution in [2.24, 2.45) is 11.8 Å². The molecule has 12 nitrogen and oxygen atoms in total. The molecule has 3 fully saturated rings. The summed E-state index contributed by atoms with van der Waals surface area (Å²) in [6, 6.07) is 16.3. The molecule has 7 atom stereocenters. The van der Waals surface area contributed by atoms with E-state index < -0.39 is 53.5 Å². The van der Waals surface area contributed by atoms with Gasteiger partial charge < -0.3 is 34.4 Å². The van der Waals surface area contributed by atoms with Crippen LogP contribution in [0.15, 0.2) is 85.0 Å². The maximum atomic E-state index is 15.0. The number of nitrogens with one attached hydrogen (secondary N) is 1. The fraction of sp³-hybridized carbons (Fsp3) is 0.487. The van der Waals surface area contributed by atoms with Crippen molar-refractivity contribution >= 4 is 23.7 Å². The highest BCUT2D eigenvalue weighted by Gasteiger charge is 2.72. The minimum Gasteiger partial charge on any atom is -0.463 e. The molecule has 5 aliphatic rings. The van der Waals surface area contributed by atoms with Crippen LogP contribution >= 0.6 is 0 Å². The van der Waals surface area contributed by atoms with Gasteiger partial charge in [0.2, 0.25) is 17.7 Å². The van der Waals surface area contributed by atoms with Crippen molar-refractivity contribution < 1.29 is 38.5 Å². The van der Waals surface area contributed by atoms with Crippen LogP contribution in [0, 0.1) is 11.8 Å². The number of likely N-dealkylation sites (tertiary alicyclic amines) is 1. The number of cyclic esters (lactones) is 1. The zero-order chi connectivity index (χ0) is 35.4. The normalized spacial score (nSPS) is 31.4. The maximum Gasteiger partial charge on any atom is 0.306 e. The van der Waals surface area contributed by atoms with Crippen molar-refractivity contribution in [2.75, 3.05) is 59.2 Å². The predicted molar refractivity (Wildman–Crippen MR) is 186 cm³/mol. The fourth-order valence-corrected chi connectivity index (χ4v) is 8.24. The van der Waals surface area contributed by atoms with Crippen LogP contribution in [0.2, 0.25) is 0 Å². The number of allylic oxidation sites excluding steroid dienone is 1. The van der Waals surface area contributed by atoms with E-state index in [1.807, 2.05) is 72.8 Å². The predicted octanol–water partition coefficient (Wildman–Crippen LogP) is 1.65. The number of aliphatic hydroxyl groups excluding tert-OH is 1. The quantitative estimate of drug-likeness (QED) is 0.312. The molecule has 2 aromatic rings. The number of nitrogens with zero attached hydrogens (tertiary/aromatic N) is 3. The Morgan fingerprint density at radius 1 is 0.922 bits per heavy atom. The van der Waals surface area contributed by atoms with Gasteiger partial charge in [-0.3, -0.25) is 24.1 Å². The van der Waals surface area contributed by atoms with Crippen LogP contribution in [-0.2, 0) is 39.8 Å². The summed E-state index contributed by atoms with van der Waals surface area (Å²) in [4.78, 5) is 62.5. The van der Waals surface area contributed by atoms with E-state index in [0.29, 0.717) is 45.7 Å². The van der Waals surface area contributed by atoms with E-state index in [9.17, 15) is 19.5 Å². The number of amides is 3. The number of hydrogen-bond acceptors (Lipinski definition) is 9. The molecule has 270 valence electrons. The average Bonchev–Trinajstić information content (AvgIpc) is 3.55. The molecule has 0 aromatic heterocycles. The third-order valence-electron chi connectivity index (χ3n) is 10.8. The van der Waals surface area contributed by atoms with E-state index in [1.54, 1.807) is 17.1 Å². The molecule has 5 heterocycles. The van der Waals surface area contributed by atoms with E-state index in [0.717, 1.165) is 24.2 Å². The minimum atomic E-state index is -1.47. The van der Waals surface area contributed by atoms with Crippen molar-refractivity contribution in [3.63, 3.8) is 0 Å². The molecular formula is C39H46N4O8. The van der Waals surface area contributed by atoms with Crippen molar-refractivity contribution in [3.05, 3.63) is 96.1 Å². The Bertz CT molecular complexity index is 1630. The van der Waals surface area contributed by atoms with Gasteiger partial charge in [0.25, 0.3) is 0 Å². The first-order valence-electron chi connectivity index (χ1n) is 18.0. The van der Waals surface area contributed by atoms with Crippen LogP contribution in [-0.4, -0.2) is 126 Å². The molecule has 0 aliphatic carbocycles. The topological polar surface area (TPSA) is 138 Å². The molecular weight excluding hydrogens is 652 g/mol. The molecule has 5 aliphatic heterocycles. The minimum absolute atomic E-state index is 0.0742. The summed E-state index contributed by atoms with van der Waals surface area (Å²) in [6.07, 6.45) is 7.17. The molecule has 0 saturated carbocycles. The number of morpholine rings is 1. The first-order chi connectivity index (χ1) is 24.9. The van der Waals surface area contributed by atoms with Crippen molar-refractivity contribution in [2.45, 2.75) is 49.1 Å². The third-order valence-corrected chi connectivity index (χ3v) is 10.8. The number of carbonyl (C=O) groups excluding carboxylic acids is 4. The number of esters is 1. The molecule has 3 saturated heterocycles. The summed E-state index contributed by atoms with van der Waals surface area (Å²) in [5.41, 5.74) is 0.178. The van der Waals surface area contributed by atoms with Gasteiger partial charge in [0.15, 0.2) is 0 Å². The summed E-state index contributed by atoms with van der Waals surface area (Å²) in [6.45, 7) is 3.76. The van der Waals surface area contributed by atoms with Gasteiger partial charge in [-0.25, -0.2) is 0 Å². The molecule has 0 radical (unpaired) electrons. The van der Waals surface area contributed by atoms with Crippen LogP contribution in [0.1, 0.15) is 30.0 Å². The number of benzene rings is 2. The number of ether oxygens (including phenoxy) is 3. The number of fused-ring (bicyclic) bond motifs is 2. The summed E-state index contributed by atoms with van der Waals surface area (Å²) in [5.74, 6) is -3.57. The molecule has 2 N–H and O–H groups in total. The van der Waals surface area contributed by atoms with Gasteiger partial charge in [-0.2, -0.15) is 0 Å². The number of aliphatic hydroxyl groups is 1. The molecule has 0 bridgehead atoms. The third kappa shape index (κ3) is 7.10. The highest BCUT2D eigenvalue weighted by molar-refractivity contribution is 6.00. The SMILES string of the molecule is O=C1CC/C=C\[C@@H]2O[C@@]34C=CCN(CCN5CCOCC5)C(=O)[C@@H]3N([C@@H](CO)Cc3ccccc3)C(=O)[C@H]4[C@@H]2C(=O)N[C@@H](c2ccccc2)CO1. The monoisotopic (exact) mass is 698 g/mol. The highest BCUT2D eigenvalue weighted by Crippen LogP contribution is 2.53.